The molecule has 0 aromatic carbocycles. The zero-order valence-corrected chi connectivity index (χ0v) is 16.9. The summed E-state index contributed by atoms with van der Waals surface area (Å²) in [6, 6.07) is 0.473. The first-order valence-electron chi connectivity index (χ1n) is 9.64. The summed E-state index contributed by atoms with van der Waals surface area (Å²) in [5.74, 6) is 0.0563. The number of carbonyl (C=O) groups is 1. The van der Waals surface area contributed by atoms with Gasteiger partial charge >= 0.3 is 0 Å². The summed E-state index contributed by atoms with van der Waals surface area (Å²) in [4.78, 5) is 11.4. The third kappa shape index (κ3) is 18.2. The molecule has 0 bridgehead atoms. The van der Waals surface area contributed by atoms with Crippen molar-refractivity contribution in [3.63, 3.8) is 0 Å². The van der Waals surface area contributed by atoms with E-state index in [1.165, 1.54) is 0 Å². The van der Waals surface area contributed by atoms with Crippen molar-refractivity contribution < 1.29 is 28.1 Å². The van der Waals surface area contributed by atoms with Gasteiger partial charge < -0.3 is 24.3 Å². The van der Waals surface area contributed by atoms with E-state index in [1.807, 2.05) is 13.8 Å². The van der Waals surface area contributed by atoms with Crippen molar-refractivity contribution in [3.05, 3.63) is 0 Å². The zero-order chi connectivity index (χ0) is 19.6. The second-order valence-electron chi connectivity index (χ2n) is 6.78. The van der Waals surface area contributed by atoms with E-state index in [-0.39, 0.29) is 31.1 Å². The highest BCUT2D eigenvalue weighted by Gasteiger charge is 2.12. The Morgan fingerprint density at radius 3 is 1.85 bits per heavy atom. The third-order valence-corrected chi connectivity index (χ3v) is 3.56. The van der Waals surface area contributed by atoms with Gasteiger partial charge in [-0.2, -0.15) is 0 Å². The summed E-state index contributed by atoms with van der Waals surface area (Å²) in [7, 11) is 0. The Labute approximate surface area is 158 Å². The molecule has 1 unspecified atom stereocenters. The second-order valence-corrected chi connectivity index (χ2v) is 6.78. The number of rotatable bonds is 19. The fourth-order valence-corrected chi connectivity index (χ4v) is 1.96. The smallest absolute Gasteiger partial charge is 0.135 e. The highest BCUT2D eigenvalue weighted by molar-refractivity contribution is 5.80. The molecule has 0 aromatic heterocycles. The predicted molar refractivity (Wildman–Crippen MR) is 100 cm³/mol. The van der Waals surface area contributed by atoms with Gasteiger partial charge in [-0.25, -0.2) is 4.39 Å². The van der Waals surface area contributed by atoms with E-state index >= 15 is 0 Å². The number of carbonyl (C=O) groups excluding carboxylic acids is 1. The number of ether oxygens (including phenoxy) is 4. The lowest BCUT2D eigenvalue weighted by Crippen LogP contribution is -2.27. The fourth-order valence-electron chi connectivity index (χ4n) is 1.96. The van der Waals surface area contributed by atoms with Crippen molar-refractivity contribution in [1.82, 2.24) is 5.32 Å². The van der Waals surface area contributed by atoms with Crippen molar-refractivity contribution >= 4 is 5.78 Å². The number of hydrogen-bond acceptors (Lipinski definition) is 6. The molecule has 6 nitrogen and oxygen atoms in total. The number of Topliss-reactive ketones (excluding diaryl/α,β-unsaturated/α-hetero) is 1. The van der Waals surface area contributed by atoms with Crippen molar-refractivity contribution in [2.75, 3.05) is 59.4 Å². The van der Waals surface area contributed by atoms with Crippen LogP contribution in [0.5, 0.6) is 0 Å². The highest BCUT2D eigenvalue weighted by atomic mass is 19.1. The molecule has 0 spiro atoms. The van der Waals surface area contributed by atoms with Crippen LogP contribution in [0.2, 0.25) is 0 Å². The first kappa shape index (κ1) is 25.4. The fraction of sp³-hybridized carbons (Fsp3) is 0.947. The summed E-state index contributed by atoms with van der Waals surface area (Å²) in [5, 5.41) is 3.27. The minimum Gasteiger partial charge on any atom is -0.378 e. The molecule has 0 heterocycles. The third-order valence-electron chi connectivity index (χ3n) is 3.56. The van der Waals surface area contributed by atoms with E-state index in [2.05, 4.69) is 19.2 Å². The normalized spacial score (nSPS) is 12.9. The molecule has 0 radical (unpaired) electrons. The standard InChI is InChI=1S/C19H38FNO5/c1-16(2)19(22)6-5-18(20)15-26-14-13-25-12-11-24-10-9-23-8-7-21-17(3)4/h16-18,21H,5-15H2,1-4H3. The monoisotopic (exact) mass is 379 g/mol. The average molecular weight is 380 g/mol. The average Bonchev–Trinajstić information content (AvgIpc) is 2.59. The number of halogens is 1. The van der Waals surface area contributed by atoms with Gasteiger partial charge in [-0.3, -0.25) is 4.79 Å². The van der Waals surface area contributed by atoms with Crippen molar-refractivity contribution in [2.45, 2.75) is 52.8 Å². The predicted octanol–water partition coefficient (Wildman–Crippen LogP) is 2.39. The Balaban J connectivity index is 3.20. The van der Waals surface area contributed by atoms with Crippen LogP contribution in [0.25, 0.3) is 0 Å². The van der Waals surface area contributed by atoms with Crippen molar-refractivity contribution in [1.29, 1.82) is 0 Å². The van der Waals surface area contributed by atoms with Crippen molar-refractivity contribution in [2.24, 2.45) is 5.92 Å². The molecule has 156 valence electrons. The summed E-state index contributed by atoms with van der Waals surface area (Å²) >= 11 is 0. The van der Waals surface area contributed by atoms with Crippen LogP contribution >= 0.6 is 0 Å². The van der Waals surface area contributed by atoms with E-state index in [0.29, 0.717) is 52.3 Å². The SMILES string of the molecule is CC(C)NCCOCCOCCOCCOCC(F)CCC(=O)C(C)C. The molecular weight excluding hydrogens is 341 g/mol. The van der Waals surface area contributed by atoms with Crippen LogP contribution in [-0.4, -0.2) is 77.4 Å². The molecule has 0 aliphatic rings. The molecule has 0 amide bonds. The maximum absolute atomic E-state index is 13.5. The molecule has 0 saturated heterocycles. The van der Waals surface area contributed by atoms with Crippen LogP contribution < -0.4 is 5.32 Å². The van der Waals surface area contributed by atoms with Crippen LogP contribution in [0.3, 0.4) is 0 Å². The van der Waals surface area contributed by atoms with Crippen LogP contribution in [-0.2, 0) is 23.7 Å². The molecule has 0 rings (SSSR count). The molecule has 1 atom stereocenters. The van der Waals surface area contributed by atoms with E-state index < -0.39 is 6.17 Å². The lowest BCUT2D eigenvalue weighted by molar-refractivity contribution is -0.122. The largest absolute Gasteiger partial charge is 0.378 e. The van der Waals surface area contributed by atoms with Gasteiger partial charge in [0.15, 0.2) is 0 Å². The van der Waals surface area contributed by atoms with E-state index in [9.17, 15) is 9.18 Å². The molecule has 0 aromatic rings. The summed E-state index contributed by atoms with van der Waals surface area (Å²) in [5.41, 5.74) is 0. The van der Waals surface area contributed by atoms with Gasteiger partial charge in [0.2, 0.25) is 0 Å². The van der Waals surface area contributed by atoms with Crippen molar-refractivity contribution in [3.8, 4) is 0 Å². The van der Waals surface area contributed by atoms with Crippen LogP contribution in [0.15, 0.2) is 0 Å². The Kier molecular flexibility index (Phi) is 17.4. The van der Waals surface area contributed by atoms with Gasteiger partial charge in [-0.15, -0.1) is 0 Å². The summed E-state index contributed by atoms with van der Waals surface area (Å²) in [6.07, 6.45) is -0.605. The van der Waals surface area contributed by atoms with Gasteiger partial charge in [0.25, 0.3) is 0 Å². The number of nitrogens with one attached hydrogen (secondary N) is 1. The van der Waals surface area contributed by atoms with E-state index in [1.54, 1.807) is 0 Å². The maximum atomic E-state index is 13.5. The lowest BCUT2D eigenvalue weighted by Gasteiger charge is -2.10. The summed E-state index contributed by atoms with van der Waals surface area (Å²) < 4.78 is 34.9. The Hall–Kier alpha value is -0.600. The van der Waals surface area contributed by atoms with E-state index in [0.717, 1.165) is 6.54 Å². The minimum absolute atomic E-state index is 0.00817. The minimum atomic E-state index is -1.10. The quantitative estimate of drug-likeness (QED) is 0.348. The van der Waals surface area contributed by atoms with Crippen LogP contribution in [0.4, 0.5) is 4.39 Å². The number of ketones is 1. The molecule has 1 N–H and O–H groups in total. The first-order chi connectivity index (χ1) is 12.4. The molecular formula is C19H38FNO5. The number of alkyl halides is 1. The van der Waals surface area contributed by atoms with Gasteiger partial charge in [-0.1, -0.05) is 27.7 Å². The molecule has 0 aliphatic heterocycles. The van der Waals surface area contributed by atoms with Gasteiger partial charge in [0.05, 0.1) is 52.9 Å². The maximum Gasteiger partial charge on any atom is 0.135 e. The van der Waals surface area contributed by atoms with Crippen LogP contribution in [0.1, 0.15) is 40.5 Å². The van der Waals surface area contributed by atoms with Gasteiger partial charge in [-0.05, 0) is 6.42 Å². The van der Waals surface area contributed by atoms with Crippen LogP contribution in [0, 0.1) is 5.92 Å². The Morgan fingerprint density at radius 1 is 0.846 bits per heavy atom. The molecule has 0 fully saturated rings. The highest BCUT2D eigenvalue weighted by Crippen LogP contribution is 2.07. The van der Waals surface area contributed by atoms with Gasteiger partial charge in [0.1, 0.15) is 12.0 Å². The number of hydrogen-bond donors (Lipinski definition) is 1. The zero-order valence-electron chi connectivity index (χ0n) is 16.9. The first-order valence-corrected chi connectivity index (χ1v) is 9.64. The topological polar surface area (TPSA) is 66.0 Å². The molecule has 26 heavy (non-hydrogen) atoms. The molecule has 0 aliphatic carbocycles. The van der Waals surface area contributed by atoms with E-state index in [4.69, 9.17) is 18.9 Å². The second kappa shape index (κ2) is 17.8. The van der Waals surface area contributed by atoms with Gasteiger partial charge in [0, 0.05) is 24.9 Å². The Morgan fingerprint density at radius 2 is 1.35 bits per heavy atom. The molecule has 7 heteroatoms. The Bertz CT molecular complexity index is 329. The lowest BCUT2D eigenvalue weighted by atomic mass is 10.0. The molecule has 0 saturated carbocycles. The summed E-state index contributed by atoms with van der Waals surface area (Å²) in [6.45, 7) is 12.2.